The lowest BCUT2D eigenvalue weighted by Crippen LogP contribution is -2.35. The van der Waals surface area contributed by atoms with Gasteiger partial charge in [0.05, 0.1) is 5.92 Å². The topological polar surface area (TPSA) is 75.6 Å². The van der Waals surface area contributed by atoms with Crippen molar-refractivity contribution in [1.82, 2.24) is 5.32 Å². The Labute approximate surface area is 195 Å². The molecule has 3 aromatic rings. The molecule has 0 heterocycles. The fraction of sp³-hybridized carbons (Fsp3) is 0.200. The van der Waals surface area contributed by atoms with E-state index in [0.717, 1.165) is 22.3 Å². The molecule has 0 unspecified atom stereocenters. The Balaban J connectivity index is 1.37. The molecule has 1 aliphatic carbocycles. The van der Waals surface area contributed by atoms with Crippen LogP contribution in [0.2, 0.25) is 10.0 Å². The van der Waals surface area contributed by atoms with Gasteiger partial charge in [0.25, 0.3) is 0 Å². The number of amides is 1. The summed E-state index contributed by atoms with van der Waals surface area (Å²) in [4.78, 5) is 24.0. The zero-order valence-corrected chi connectivity index (χ0v) is 18.6. The number of carbonyl (C=O) groups excluding carboxylic acids is 1. The maximum atomic E-state index is 12.3. The summed E-state index contributed by atoms with van der Waals surface area (Å²) in [6, 6.07) is 21.0. The van der Waals surface area contributed by atoms with Gasteiger partial charge >= 0.3 is 12.1 Å². The van der Waals surface area contributed by atoms with Gasteiger partial charge in [0.15, 0.2) is 0 Å². The molecule has 4 rings (SSSR count). The molecule has 0 saturated heterocycles. The highest BCUT2D eigenvalue weighted by atomic mass is 35.5. The van der Waals surface area contributed by atoms with Crippen LogP contribution in [0.1, 0.15) is 22.6 Å². The zero-order valence-electron chi connectivity index (χ0n) is 17.1. The summed E-state index contributed by atoms with van der Waals surface area (Å²) in [5.74, 6) is -1.93. The molecule has 0 saturated carbocycles. The number of carbonyl (C=O) groups is 2. The molecule has 0 bridgehead atoms. The Morgan fingerprint density at radius 1 is 0.938 bits per heavy atom. The van der Waals surface area contributed by atoms with Crippen LogP contribution in [0.15, 0.2) is 66.7 Å². The minimum absolute atomic E-state index is 0.0583. The van der Waals surface area contributed by atoms with E-state index in [1.165, 1.54) is 0 Å². The lowest BCUT2D eigenvalue weighted by Gasteiger charge is -2.16. The number of carboxylic acids is 1. The summed E-state index contributed by atoms with van der Waals surface area (Å²) in [5, 5.41) is 13.0. The largest absolute Gasteiger partial charge is 0.481 e. The third-order valence-corrected chi connectivity index (χ3v) is 6.03. The highest BCUT2D eigenvalue weighted by molar-refractivity contribution is 6.34. The summed E-state index contributed by atoms with van der Waals surface area (Å²) >= 11 is 12.0. The highest BCUT2D eigenvalue weighted by Crippen LogP contribution is 2.44. The molecule has 2 N–H and O–H groups in total. The van der Waals surface area contributed by atoms with Crippen LogP contribution in [-0.4, -0.2) is 30.3 Å². The molecule has 0 aliphatic heterocycles. The van der Waals surface area contributed by atoms with Gasteiger partial charge in [0.1, 0.15) is 6.61 Å². The fourth-order valence-corrected chi connectivity index (χ4v) is 4.69. The van der Waals surface area contributed by atoms with E-state index in [1.807, 2.05) is 36.4 Å². The van der Waals surface area contributed by atoms with Gasteiger partial charge in [-0.1, -0.05) is 71.7 Å². The fourth-order valence-electron chi connectivity index (χ4n) is 4.12. The van der Waals surface area contributed by atoms with Gasteiger partial charge in [-0.25, -0.2) is 4.79 Å². The number of rotatable bonds is 7. The van der Waals surface area contributed by atoms with Gasteiger partial charge in [-0.2, -0.15) is 0 Å². The third-order valence-electron chi connectivity index (χ3n) is 5.59. The Morgan fingerprint density at radius 3 is 2.06 bits per heavy atom. The Kier molecular flexibility index (Phi) is 6.68. The average Bonchev–Trinajstić information content (AvgIpc) is 3.08. The number of benzene rings is 3. The van der Waals surface area contributed by atoms with E-state index < -0.39 is 18.0 Å². The van der Waals surface area contributed by atoms with E-state index >= 15 is 0 Å². The number of ether oxygens (including phenoxy) is 1. The number of aliphatic carboxylic acids is 1. The van der Waals surface area contributed by atoms with Crippen molar-refractivity contribution < 1.29 is 19.4 Å². The first kappa shape index (κ1) is 22.2. The Bertz CT molecular complexity index is 1100. The first-order valence-electron chi connectivity index (χ1n) is 10.2. The van der Waals surface area contributed by atoms with Gasteiger partial charge in [-0.3, -0.25) is 4.79 Å². The van der Waals surface area contributed by atoms with E-state index in [-0.39, 0.29) is 25.5 Å². The summed E-state index contributed by atoms with van der Waals surface area (Å²) in [7, 11) is 0. The minimum atomic E-state index is -1.03. The molecule has 1 amide bonds. The molecule has 1 aliphatic rings. The molecule has 0 aromatic heterocycles. The Hall–Kier alpha value is -3.02. The summed E-state index contributed by atoms with van der Waals surface area (Å²) in [6.07, 6.45) is -0.471. The number of nitrogens with one attached hydrogen (secondary N) is 1. The number of carboxylic acid groups (broad SMARTS) is 1. The van der Waals surface area contributed by atoms with Gasteiger partial charge < -0.3 is 15.2 Å². The SMILES string of the molecule is O=C(NC[C@H](Cc1cc(Cl)cc(Cl)c1)C(=O)O)OCC1c2ccccc2-c2ccccc21. The second-order valence-electron chi connectivity index (χ2n) is 7.72. The van der Waals surface area contributed by atoms with Crippen molar-refractivity contribution in [1.29, 1.82) is 0 Å². The van der Waals surface area contributed by atoms with Crippen molar-refractivity contribution in [2.45, 2.75) is 12.3 Å². The molecule has 164 valence electrons. The van der Waals surface area contributed by atoms with Crippen LogP contribution in [-0.2, 0) is 16.0 Å². The molecular formula is C25H21Cl2NO4. The Morgan fingerprint density at radius 2 is 1.50 bits per heavy atom. The van der Waals surface area contributed by atoms with E-state index in [4.69, 9.17) is 27.9 Å². The van der Waals surface area contributed by atoms with Crippen LogP contribution in [0.5, 0.6) is 0 Å². The lowest BCUT2D eigenvalue weighted by molar-refractivity contribution is -0.141. The predicted molar refractivity (Wildman–Crippen MR) is 124 cm³/mol. The van der Waals surface area contributed by atoms with Crippen LogP contribution in [0.3, 0.4) is 0 Å². The summed E-state index contributed by atoms with van der Waals surface area (Å²) < 4.78 is 5.47. The molecule has 7 heteroatoms. The van der Waals surface area contributed by atoms with Crippen LogP contribution in [0, 0.1) is 5.92 Å². The minimum Gasteiger partial charge on any atom is -0.481 e. The van der Waals surface area contributed by atoms with Crippen molar-refractivity contribution in [3.8, 4) is 11.1 Å². The molecule has 5 nitrogen and oxygen atoms in total. The van der Waals surface area contributed by atoms with Crippen LogP contribution < -0.4 is 5.32 Å². The van der Waals surface area contributed by atoms with Crippen molar-refractivity contribution in [2.24, 2.45) is 5.92 Å². The number of halogens is 2. The van der Waals surface area contributed by atoms with E-state index in [9.17, 15) is 14.7 Å². The van der Waals surface area contributed by atoms with Gasteiger partial charge in [-0.15, -0.1) is 0 Å². The number of fused-ring (bicyclic) bond motifs is 3. The van der Waals surface area contributed by atoms with Crippen LogP contribution >= 0.6 is 23.2 Å². The van der Waals surface area contributed by atoms with Gasteiger partial charge in [0, 0.05) is 22.5 Å². The van der Waals surface area contributed by atoms with Crippen LogP contribution in [0.4, 0.5) is 4.79 Å². The number of hydrogen-bond donors (Lipinski definition) is 2. The quantitative estimate of drug-likeness (QED) is 0.460. The first-order valence-corrected chi connectivity index (χ1v) is 10.9. The standard InChI is InChI=1S/C25H21Cl2NO4/c26-17-10-15(11-18(27)12-17)9-16(24(29)30)13-28-25(31)32-14-23-21-7-3-1-5-19(21)20-6-2-4-8-22(20)23/h1-8,10-12,16,23H,9,13-14H2,(H,28,31)(H,29,30)/t16-/m0/s1. The lowest BCUT2D eigenvalue weighted by atomic mass is 9.98. The maximum absolute atomic E-state index is 12.3. The second-order valence-corrected chi connectivity index (χ2v) is 8.60. The molecule has 1 atom stereocenters. The zero-order chi connectivity index (χ0) is 22.7. The number of alkyl carbamates (subject to hydrolysis) is 1. The second kappa shape index (κ2) is 9.63. The molecule has 32 heavy (non-hydrogen) atoms. The molecule has 3 aromatic carbocycles. The van der Waals surface area contributed by atoms with Gasteiger partial charge in [0.2, 0.25) is 0 Å². The van der Waals surface area contributed by atoms with E-state index in [2.05, 4.69) is 17.4 Å². The highest BCUT2D eigenvalue weighted by Gasteiger charge is 2.29. The van der Waals surface area contributed by atoms with Crippen molar-refractivity contribution >= 4 is 35.3 Å². The number of hydrogen-bond acceptors (Lipinski definition) is 3. The third kappa shape index (κ3) is 4.90. The first-order chi connectivity index (χ1) is 15.4. The maximum Gasteiger partial charge on any atom is 0.407 e. The summed E-state index contributed by atoms with van der Waals surface area (Å²) in [6.45, 7) is 0.0949. The normalized spacial score (nSPS) is 13.2. The molecular weight excluding hydrogens is 449 g/mol. The molecule has 0 radical (unpaired) electrons. The molecule has 0 spiro atoms. The average molecular weight is 470 g/mol. The van der Waals surface area contributed by atoms with Crippen molar-refractivity contribution in [3.63, 3.8) is 0 Å². The van der Waals surface area contributed by atoms with Gasteiger partial charge in [-0.05, 0) is 52.4 Å². The van der Waals surface area contributed by atoms with E-state index in [1.54, 1.807) is 18.2 Å². The van der Waals surface area contributed by atoms with Crippen molar-refractivity contribution in [2.75, 3.05) is 13.2 Å². The monoisotopic (exact) mass is 469 g/mol. The van der Waals surface area contributed by atoms with E-state index in [0.29, 0.717) is 15.6 Å². The van der Waals surface area contributed by atoms with Crippen LogP contribution in [0.25, 0.3) is 11.1 Å². The summed E-state index contributed by atoms with van der Waals surface area (Å²) in [5.41, 5.74) is 5.20. The smallest absolute Gasteiger partial charge is 0.407 e. The van der Waals surface area contributed by atoms with Crippen molar-refractivity contribution in [3.05, 3.63) is 93.5 Å². The molecule has 0 fully saturated rings. The predicted octanol–water partition coefficient (Wildman–Crippen LogP) is 5.78.